The summed E-state index contributed by atoms with van der Waals surface area (Å²) in [6.07, 6.45) is 1.57. The average molecular weight is 372 g/mol. The van der Waals surface area contributed by atoms with Crippen LogP contribution in [0.2, 0.25) is 5.02 Å². The molecule has 0 heterocycles. The van der Waals surface area contributed by atoms with Gasteiger partial charge in [0.25, 0.3) is 0 Å². The van der Waals surface area contributed by atoms with Crippen molar-refractivity contribution in [2.45, 2.75) is 31.8 Å². The Bertz CT molecular complexity index is 597. The van der Waals surface area contributed by atoms with Gasteiger partial charge >= 0.3 is 18.0 Å². The van der Waals surface area contributed by atoms with Gasteiger partial charge in [0.15, 0.2) is 0 Å². The maximum Gasteiger partial charge on any atom is 0.326 e. The predicted octanol–water partition coefficient (Wildman–Crippen LogP) is 1.44. The van der Waals surface area contributed by atoms with Gasteiger partial charge in [0, 0.05) is 11.6 Å². The lowest BCUT2D eigenvalue weighted by atomic mass is 10.1. The van der Waals surface area contributed by atoms with E-state index in [9.17, 15) is 14.4 Å². The minimum atomic E-state index is -1.20. The Hall–Kier alpha value is -2.32. The normalized spacial score (nSPS) is 11.6. The second-order valence-electron chi connectivity index (χ2n) is 5.38. The van der Waals surface area contributed by atoms with Gasteiger partial charge in [-0.1, -0.05) is 29.8 Å². The number of urea groups is 1. The molecular weight excluding hydrogens is 350 g/mol. The standard InChI is InChI=1S/C16H22ClN3O5/c17-12-6-2-1-5-11(12)9-18-8-4-3-7-13(15(23)24)20-16(25)19-10-14(21)22/h1-2,5-6,13,18H,3-4,7-10H2,(H,21,22)(H,23,24)(H2,19,20,25). The summed E-state index contributed by atoms with van der Waals surface area (Å²) in [4.78, 5) is 32.9. The molecule has 5 N–H and O–H groups in total. The SMILES string of the molecule is O=C(O)CNC(=O)NC(CCCCNCc1ccccc1Cl)C(=O)O. The van der Waals surface area contributed by atoms with E-state index < -0.39 is 30.6 Å². The van der Waals surface area contributed by atoms with Crippen LogP contribution in [-0.2, 0) is 16.1 Å². The number of benzene rings is 1. The second kappa shape index (κ2) is 11.3. The first-order valence-electron chi connectivity index (χ1n) is 7.83. The van der Waals surface area contributed by atoms with Gasteiger partial charge in [-0.2, -0.15) is 0 Å². The van der Waals surface area contributed by atoms with Crippen molar-refractivity contribution < 1.29 is 24.6 Å². The van der Waals surface area contributed by atoms with E-state index in [4.69, 9.17) is 21.8 Å². The molecule has 1 rings (SSSR count). The van der Waals surface area contributed by atoms with Crippen molar-refractivity contribution in [1.29, 1.82) is 0 Å². The van der Waals surface area contributed by atoms with Crippen LogP contribution in [0.25, 0.3) is 0 Å². The van der Waals surface area contributed by atoms with E-state index in [2.05, 4.69) is 16.0 Å². The molecule has 0 aromatic heterocycles. The molecule has 2 amide bonds. The average Bonchev–Trinajstić information content (AvgIpc) is 2.56. The summed E-state index contributed by atoms with van der Waals surface area (Å²) in [7, 11) is 0. The molecule has 0 saturated carbocycles. The van der Waals surface area contributed by atoms with Gasteiger partial charge < -0.3 is 26.2 Å². The topological polar surface area (TPSA) is 128 Å². The monoisotopic (exact) mass is 371 g/mol. The zero-order valence-electron chi connectivity index (χ0n) is 13.6. The third-order valence-electron chi connectivity index (χ3n) is 3.37. The van der Waals surface area contributed by atoms with E-state index in [0.717, 1.165) is 12.0 Å². The van der Waals surface area contributed by atoms with Crippen LogP contribution in [0.1, 0.15) is 24.8 Å². The number of carboxylic acids is 2. The van der Waals surface area contributed by atoms with Crippen LogP contribution < -0.4 is 16.0 Å². The van der Waals surface area contributed by atoms with Crippen LogP contribution in [0.15, 0.2) is 24.3 Å². The van der Waals surface area contributed by atoms with Crippen molar-refractivity contribution >= 4 is 29.6 Å². The van der Waals surface area contributed by atoms with E-state index in [1.165, 1.54) is 0 Å². The smallest absolute Gasteiger partial charge is 0.326 e. The number of nitrogens with one attached hydrogen (secondary N) is 3. The van der Waals surface area contributed by atoms with Crippen LogP contribution >= 0.6 is 11.6 Å². The molecule has 138 valence electrons. The Kier molecular flexibility index (Phi) is 9.34. The fourth-order valence-corrected chi connectivity index (χ4v) is 2.29. The van der Waals surface area contributed by atoms with Gasteiger partial charge in [-0.15, -0.1) is 0 Å². The number of amides is 2. The van der Waals surface area contributed by atoms with Crippen molar-refractivity contribution in [2.75, 3.05) is 13.1 Å². The largest absolute Gasteiger partial charge is 0.480 e. The number of hydrogen-bond acceptors (Lipinski definition) is 4. The summed E-state index contributed by atoms with van der Waals surface area (Å²) in [6, 6.07) is 5.63. The summed E-state index contributed by atoms with van der Waals surface area (Å²) < 4.78 is 0. The lowest BCUT2D eigenvalue weighted by Gasteiger charge is -2.14. The van der Waals surface area contributed by atoms with Crippen molar-refractivity contribution in [3.63, 3.8) is 0 Å². The number of carbonyl (C=O) groups excluding carboxylic acids is 1. The first kappa shape index (κ1) is 20.7. The fourth-order valence-electron chi connectivity index (χ4n) is 2.09. The lowest BCUT2D eigenvalue weighted by molar-refractivity contribution is -0.139. The van der Waals surface area contributed by atoms with Crippen LogP contribution in [-0.4, -0.2) is 47.3 Å². The first-order valence-corrected chi connectivity index (χ1v) is 8.21. The Labute approximate surface area is 150 Å². The number of unbranched alkanes of at least 4 members (excludes halogenated alkanes) is 1. The highest BCUT2D eigenvalue weighted by Gasteiger charge is 2.19. The molecule has 0 radical (unpaired) electrons. The minimum Gasteiger partial charge on any atom is -0.480 e. The fraction of sp³-hybridized carbons (Fsp3) is 0.438. The maximum atomic E-state index is 11.4. The summed E-state index contributed by atoms with van der Waals surface area (Å²) in [6.45, 7) is 0.741. The molecule has 1 unspecified atom stereocenters. The minimum absolute atomic E-state index is 0.254. The number of aliphatic carboxylic acids is 2. The number of halogens is 1. The molecule has 1 aromatic rings. The molecule has 1 aromatic carbocycles. The van der Waals surface area contributed by atoms with Crippen molar-refractivity contribution in [3.05, 3.63) is 34.9 Å². The van der Waals surface area contributed by atoms with E-state index in [1.54, 1.807) is 0 Å². The zero-order chi connectivity index (χ0) is 18.7. The zero-order valence-corrected chi connectivity index (χ0v) is 14.4. The Balaban J connectivity index is 2.22. The molecule has 0 spiro atoms. The Morgan fingerprint density at radius 2 is 1.84 bits per heavy atom. The highest BCUT2D eigenvalue weighted by Crippen LogP contribution is 2.14. The summed E-state index contributed by atoms with van der Waals surface area (Å²) in [5, 5.41) is 25.8. The highest BCUT2D eigenvalue weighted by molar-refractivity contribution is 6.31. The summed E-state index contributed by atoms with van der Waals surface area (Å²) >= 11 is 6.05. The highest BCUT2D eigenvalue weighted by atomic mass is 35.5. The molecule has 9 heteroatoms. The Morgan fingerprint density at radius 3 is 2.48 bits per heavy atom. The van der Waals surface area contributed by atoms with Crippen molar-refractivity contribution in [2.24, 2.45) is 0 Å². The van der Waals surface area contributed by atoms with Gasteiger partial charge in [-0.05, 0) is 37.4 Å². The molecule has 0 bridgehead atoms. The third-order valence-corrected chi connectivity index (χ3v) is 3.74. The van der Waals surface area contributed by atoms with Crippen LogP contribution in [0.5, 0.6) is 0 Å². The molecule has 0 fully saturated rings. The van der Waals surface area contributed by atoms with Gasteiger partial charge in [0.05, 0.1) is 0 Å². The number of rotatable bonds is 11. The third kappa shape index (κ3) is 8.92. The molecule has 0 aliphatic carbocycles. The predicted molar refractivity (Wildman–Crippen MR) is 92.6 cm³/mol. The number of carbonyl (C=O) groups is 3. The van der Waals surface area contributed by atoms with E-state index in [0.29, 0.717) is 24.5 Å². The quantitative estimate of drug-likeness (QED) is 0.374. The molecule has 0 aliphatic heterocycles. The van der Waals surface area contributed by atoms with E-state index in [-0.39, 0.29) is 6.42 Å². The molecule has 1 atom stereocenters. The summed E-state index contributed by atoms with van der Waals surface area (Å²) in [5.41, 5.74) is 0.990. The van der Waals surface area contributed by atoms with Gasteiger partial charge in [0.1, 0.15) is 12.6 Å². The number of carboxylic acid groups (broad SMARTS) is 2. The van der Waals surface area contributed by atoms with Crippen LogP contribution in [0.4, 0.5) is 4.79 Å². The van der Waals surface area contributed by atoms with Crippen molar-refractivity contribution in [1.82, 2.24) is 16.0 Å². The van der Waals surface area contributed by atoms with E-state index >= 15 is 0 Å². The molecule has 0 aliphatic rings. The van der Waals surface area contributed by atoms with Crippen LogP contribution in [0.3, 0.4) is 0 Å². The van der Waals surface area contributed by atoms with E-state index in [1.807, 2.05) is 24.3 Å². The second-order valence-corrected chi connectivity index (χ2v) is 5.78. The molecular formula is C16H22ClN3O5. The molecule has 0 saturated heterocycles. The number of hydrogen-bond donors (Lipinski definition) is 5. The summed E-state index contributed by atoms with van der Waals surface area (Å²) in [5.74, 6) is -2.36. The van der Waals surface area contributed by atoms with Crippen molar-refractivity contribution in [3.8, 4) is 0 Å². The van der Waals surface area contributed by atoms with Gasteiger partial charge in [-0.25, -0.2) is 9.59 Å². The molecule has 25 heavy (non-hydrogen) atoms. The lowest BCUT2D eigenvalue weighted by Crippen LogP contribution is -2.47. The van der Waals surface area contributed by atoms with Gasteiger partial charge in [-0.3, -0.25) is 4.79 Å². The maximum absolute atomic E-state index is 11.4. The van der Waals surface area contributed by atoms with Gasteiger partial charge in [0.2, 0.25) is 0 Å². The molecule has 8 nitrogen and oxygen atoms in total. The Morgan fingerprint density at radius 1 is 1.12 bits per heavy atom. The first-order chi connectivity index (χ1) is 11.9. The van der Waals surface area contributed by atoms with Crippen LogP contribution in [0, 0.1) is 0 Å².